The van der Waals surface area contributed by atoms with Crippen LogP contribution in [-0.2, 0) is 0 Å². The Morgan fingerprint density at radius 1 is 0.353 bits per heavy atom. The summed E-state index contributed by atoms with van der Waals surface area (Å²) >= 11 is 1.85. The zero-order valence-electron chi connectivity index (χ0n) is 36.6. The number of imidazole rings is 1. The summed E-state index contributed by atoms with van der Waals surface area (Å²) in [6.07, 6.45) is 1.98. The minimum absolute atomic E-state index is 1.00. The Kier molecular flexibility index (Phi) is 7.94. The topological polar surface area (TPSA) is 30.2 Å². The molecule has 0 aliphatic rings. The highest BCUT2D eigenvalue weighted by Crippen LogP contribution is 2.44. The maximum absolute atomic E-state index is 5.57. The van der Waals surface area contributed by atoms with Gasteiger partial charge in [-0.25, -0.2) is 4.98 Å². The second-order valence-corrected chi connectivity index (χ2v) is 19.2. The molecule has 11 aromatic carbocycles. The van der Waals surface area contributed by atoms with Gasteiger partial charge < -0.3 is 0 Å². The standard InChI is InChI=1S/C64H37N3S/c1-2-10-43-32-55-47(31-42(43)9-1)26-30-59-62(55)66-64-63-57(56-33-44-11-3-4-12-45(44)35-61(56)68-63)36-60(67(59)64)41-23-21-40(22-24-41)51-29-28-50(52-15-7-8-16-53(51)52)39-19-17-38(18-20-39)46-25-27-54-49-14-6-5-13-48(49)37-65-58(54)34-46/h1-37H. The second kappa shape index (κ2) is 14.4. The average molecular weight is 880 g/mol. The molecular weight excluding hydrogens is 843 g/mol. The summed E-state index contributed by atoms with van der Waals surface area (Å²) in [5, 5.41) is 15.9. The lowest BCUT2D eigenvalue weighted by Crippen LogP contribution is -1.93. The smallest absolute Gasteiger partial charge is 0.156 e. The number of benzene rings is 11. The summed E-state index contributed by atoms with van der Waals surface area (Å²) in [5.74, 6) is 0. The van der Waals surface area contributed by atoms with Crippen molar-refractivity contribution in [2.45, 2.75) is 0 Å². The fourth-order valence-corrected chi connectivity index (χ4v) is 12.2. The van der Waals surface area contributed by atoms with Gasteiger partial charge in [0.05, 0.1) is 26.9 Å². The Bertz CT molecular complexity index is 4600. The van der Waals surface area contributed by atoms with Gasteiger partial charge in [0.2, 0.25) is 0 Å². The first-order valence-electron chi connectivity index (χ1n) is 23.2. The number of thiophene rings is 1. The van der Waals surface area contributed by atoms with Gasteiger partial charge in [-0.3, -0.25) is 9.38 Å². The maximum atomic E-state index is 5.57. The number of pyridine rings is 2. The van der Waals surface area contributed by atoms with E-state index < -0.39 is 0 Å². The Morgan fingerprint density at radius 2 is 0.926 bits per heavy atom. The van der Waals surface area contributed by atoms with Crippen molar-refractivity contribution >= 4 is 113 Å². The number of nitrogens with zero attached hydrogens (tertiary/aromatic N) is 3. The molecule has 4 heterocycles. The molecule has 3 nitrogen and oxygen atoms in total. The van der Waals surface area contributed by atoms with Gasteiger partial charge in [0, 0.05) is 37.8 Å². The second-order valence-electron chi connectivity index (χ2n) is 18.1. The number of hydrogen-bond acceptors (Lipinski definition) is 3. The van der Waals surface area contributed by atoms with Crippen molar-refractivity contribution in [1.82, 2.24) is 14.4 Å². The molecule has 4 aromatic heterocycles. The van der Waals surface area contributed by atoms with Crippen molar-refractivity contribution in [3.05, 3.63) is 225 Å². The van der Waals surface area contributed by atoms with Crippen LogP contribution in [0.4, 0.5) is 0 Å². The van der Waals surface area contributed by atoms with E-state index in [1.807, 2.05) is 17.5 Å². The lowest BCUT2D eigenvalue weighted by Gasteiger charge is -2.14. The van der Waals surface area contributed by atoms with E-state index in [-0.39, 0.29) is 0 Å². The number of hydrogen-bond donors (Lipinski definition) is 0. The van der Waals surface area contributed by atoms with E-state index in [0.717, 1.165) is 44.4 Å². The number of fused-ring (bicyclic) bond motifs is 15. The Labute approximate surface area is 394 Å². The highest BCUT2D eigenvalue weighted by molar-refractivity contribution is 7.26. The van der Waals surface area contributed by atoms with Crippen molar-refractivity contribution in [2.24, 2.45) is 0 Å². The van der Waals surface area contributed by atoms with Crippen LogP contribution in [0.1, 0.15) is 0 Å². The Hall–Kier alpha value is -8.70. The quantitative estimate of drug-likeness (QED) is 0.130. The maximum Gasteiger partial charge on any atom is 0.156 e. The van der Waals surface area contributed by atoms with Crippen molar-refractivity contribution < 1.29 is 0 Å². The molecule has 0 fully saturated rings. The summed E-state index contributed by atoms with van der Waals surface area (Å²) in [4.78, 5) is 10.4. The third kappa shape index (κ3) is 5.65. The molecule has 0 radical (unpaired) electrons. The van der Waals surface area contributed by atoms with Crippen LogP contribution in [0.25, 0.3) is 146 Å². The largest absolute Gasteiger partial charge is 0.291 e. The van der Waals surface area contributed by atoms with Gasteiger partial charge >= 0.3 is 0 Å². The number of rotatable bonds is 4. The van der Waals surface area contributed by atoms with Crippen LogP contribution >= 0.6 is 11.3 Å². The molecule has 4 heteroatoms. The molecule has 0 unspecified atom stereocenters. The molecule has 0 saturated heterocycles. The fraction of sp³-hybridized carbons (Fsp3) is 0. The summed E-state index contributed by atoms with van der Waals surface area (Å²) in [7, 11) is 0. The molecule has 68 heavy (non-hydrogen) atoms. The molecule has 0 spiro atoms. The van der Waals surface area contributed by atoms with Gasteiger partial charge in [0.25, 0.3) is 0 Å². The Balaban J connectivity index is 0.844. The molecule has 0 saturated carbocycles. The van der Waals surface area contributed by atoms with Gasteiger partial charge in [0.15, 0.2) is 5.65 Å². The molecule has 15 aromatic rings. The van der Waals surface area contributed by atoms with E-state index in [2.05, 4.69) is 223 Å². The van der Waals surface area contributed by atoms with Gasteiger partial charge in [-0.2, -0.15) is 0 Å². The molecule has 0 aliphatic heterocycles. The van der Waals surface area contributed by atoms with Crippen LogP contribution in [0.5, 0.6) is 0 Å². The molecule has 0 bridgehead atoms. The van der Waals surface area contributed by atoms with Crippen LogP contribution in [0, 0.1) is 0 Å². The molecule has 0 atom stereocenters. The average Bonchev–Trinajstić information content (AvgIpc) is 3.98. The Morgan fingerprint density at radius 3 is 1.63 bits per heavy atom. The lowest BCUT2D eigenvalue weighted by atomic mass is 9.91. The van der Waals surface area contributed by atoms with E-state index in [0.29, 0.717) is 0 Å². The molecule has 15 rings (SSSR count). The lowest BCUT2D eigenvalue weighted by molar-refractivity contribution is 1.25. The molecule has 0 amide bonds. The van der Waals surface area contributed by atoms with Crippen LogP contribution in [0.15, 0.2) is 225 Å². The zero-order valence-corrected chi connectivity index (χ0v) is 37.4. The normalized spacial score (nSPS) is 12.1. The first-order valence-corrected chi connectivity index (χ1v) is 24.0. The molecule has 314 valence electrons. The van der Waals surface area contributed by atoms with Gasteiger partial charge in [-0.1, -0.05) is 176 Å². The van der Waals surface area contributed by atoms with Crippen molar-refractivity contribution in [3.8, 4) is 44.6 Å². The predicted molar refractivity (Wildman–Crippen MR) is 290 cm³/mol. The fourth-order valence-electron chi connectivity index (χ4n) is 11.0. The van der Waals surface area contributed by atoms with E-state index in [1.54, 1.807) is 0 Å². The molecule has 0 N–H and O–H groups in total. The van der Waals surface area contributed by atoms with Crippen LogP contribution in [0.3, 0.4) is 0 Å². The third-order valence-corrected chi connectivity index (χ3v) is 15.5. The van der Waals surface area contributed by atoms with E-state index in [4.69, 9.17) is 9.97 Å². The van der Waals surface area contributed by atoms with E-state index in [9.17, 15) is 0 Å². The van der Waals surface area contributed by atoms with Gasteiger partial charge in [-0.15, -0.1) is 11.3 Å². The predicted octanol–water partition coefficient (Wildman–Crippen LogP) is 17.8. The molecular formula is C64H37N3S. The minimum atomic E-state index is 1.00. The van der Waals surface area contributed by atoms with Crippen molar-refractivity contribution in [3.63, 3.8) is 0 Å². The first kappa shape index (κ1) is 37.5. The third-order valence-electron chi connectivity index (χ3n) is 14.4. The monoisotopic (exact) mass is 879 g/mol. The van der Waals surface area contributed by atoms with E-state index >= 15 is 0 Å². The highest BCUT2D eigenvalue weighted by atomic mass is 32.1. The summed E-state index contributed by atoms with van der Waals surface area (Å²) in [5.41, 5.74) is 13.6. The SMILES string of the molecule is c1ccc2cc3c(ccc4c3nc3c5sc6cc7ccccc7cc6c5cc(-c5ccc(-c6ccc(-c7ccc(-c8ccc9c(c8)ncc8ccccc89)cc7)c7ccccc67)cc5)n43)cc2c1. The molecule has 0 aliphatic carbocycles. The summed E-state index contributed by atoms with van der Waals surface area (Å²) < 4.78 is 4.89. The summed E-state index contributed by atoms with van der Waals surface area (Å²) in [6.45, 7) is 0. The first-order chi connectivity index (χ1) is 33.7. The van der Waals surface area contributed by atoms with Crippen LogP contribution in [-0.4, -0.2) is 14.4 Å². The highest BCUT2D eigenvalue weighted by Gasteiger charge is 2.20. The summed E-state index contributed by atoms with van der Waals surface area (Å²) in [6, 6.07) is 80.2. The van der Waals surface area contributed by atoms with Crippen molar-refractivity contribution in [1.29, 1.82) is 0 Å². The van der Waals surface area contributed by atoms with Gasteiger partial charge in [-0.05, 0) is 124 Å². The number of aromatic nitrogens is 3. The minimum Gasteiger partial charge on any atom is -0.291 e. The van der Waals surface area contributed by atoms with E-state index in [1.165, 1.54) is 102 Å². The van der Waals surface area contributed by atoms with Gasteiger partial charge in [0.1, 0.15) is 0 Å². The van der Waals surface area contributed by atoms with Crippen LogP contribution in [0.2, 0.25) is 0 Å². The van der Waals surface area contributed by atoms with Crippen molar-refractivity contribution in [2.75, 3.05) is 0 Å². The van der Waals surface area contributed by atoms with Crippen LogP contribution < -0.4 is 0 Å². The zero-order chi connectivity index (χ0) is 44.5.